The minimum absolute atomic E-state index is 0.388. The van der Waals surface area contributed by atoms with Gasteiger partial charge in [-0.05, 0) is 37.3 Å². The highest BCUT2D eigenvalue weighted by Gasteiger charge is 2.12. The van der Waals surface area contributed by atoms with E-state index in [0.717, 1.165) is 24.1 Å². The lowest BCUT2D eigenvalue weighted by atomic mass is 10.2. The molecule has 0 amide bonds. The standard InChI is InChI=1S/C15H21NO/c1-3-4-5-10-15(17)16-12(2)11-13-8-6-7-9-14(13)16/h6-9,11,15,17H,3-5,10H2,1-2H3. The molecule has 0 aliphatic carbocycles. The summed E-state index contributed by atoms with van der Waals surface area (Å²) < 4.78 is 2.05. The van der Waals surface area contributed by atoms with Crippen molar-refractivity contribution in [3.05, 3.63) is 36.0 Å². The van der Waals surface area contributed by atoms with Crippen LogP contribution in [0.1, 0.15) is 44.5 Å². The molecule has 0 aliphatic rings. The molecule has 0 aliphatic heterocycles. The zero-order valence-electron chi connectivity index (χ0n) is 10.7. The largest absolute Gasteiger partial charge is 0.373 e. The zero-order chi connectivity index (χ0) is 12.3. The Bertz CT molecular complexity index is 487. The minimum atomic E-state index is -0.388. The molecule has 0 fully saturated rings. The van der Waals surface area contributed by atoms with E-state index in [-0.39, 0.29) is 6.23 Å². The summed E-state index contributed by atoms with van der Waals surface area (Å²) in [5.74, 6) is 0. The number of nitrogens with zero attached hydrogens (tertiary/aromatic N) is 1. The Balaban J connectivity index is 2.24. The first-order valence-electron chi connectivity index (χ1n) is 6.48. The third kappa shape index (κ3) is 2.52. The molecular formula is C15H21NO. The van der Waals surface area contributed by atoms with Gasteiger partial charge in [0.25, 0.3) is 0 Å². The Morgan fingerprint density at radius 1 is 1.24 bits per heavy atom. The van der Waals surface area contributed by atoms with Crippen LogP contribution in [0.4, 0.5) is 0 Å². The quantitative estimate of drug-likeness (QED) is 0.772. The van der Waals surface area contributed by atoms with Crippen LogP contribution in [0.2, 0.25) is 0 Å². The number of fused-ring (bicyclic) bond motifs is 1. The maximum Gasteiger partial charge on any atom is 0.130 e. The number of hydrogen-bond acceptors (Lipinski definition) is 1. The summed E-state index contributed by atoms with van der Waals surface area (Å²) in [4.78, 5) is 0. The SMILES string of the molecule is CCCCCC(O)n1c(C)cc2ccccc21. The van der Waals surface area contributed by atoms with Gasteiger partial charge in [-0.2, -0.15) is 0 Å². The maximum atomic E-state index is 10.3. The summed E-state index contributed by atoms with van der Waals surface area (Å²) in [6.45, 7) is 4.24. The zero-order valence-corrected chi connectivity index (χ0v) is 10.7. The normalized spacial score (nSPS) is 13.1. The minimum Gasteiger partial charge on any atom is -0.373 e. The Kier molecular flexibility index (Phi) is 3.85. The van der Waals surface area contributed by atoms with Gasteiger partial charge in [0.15, 0.2) is 0 Å². The van der Waals surface area contributed by atoms with Crippen molar-refractivity contribution in [2.75, 3.05) is 0 Å². The van der Waals surface area contributed by atoms with E-state index < -0.39 is 0 Å². The van der Waals surface area contributed by atoms with Gasteiger partial charge >= 0.3 is 0 Å². The molecular weight excluding hydrogens is 210 g/mol. The topological polar surface area (TPSA) is 25.2 Å². The van der Waals surface area contributed by atoms with Crippen molar-refractivity contribution in [2.24, 2.45) is 0 Å². The fraction of sp³-hybridized carbons (Fsp3) is 0.467. The van der Waals surface area contributed by atoms with Crippen molar-refractivity contribution in [1.82, 2.24) is 4.57 Å². The van der Waals surface area contributed by atoms with Crippen LogP contribution in [0.25, 0.3) is 10.9 Å². The van der Waals surface area contributed by atoms with Gasteiger partial charge in [0.05, 0.1) is 5.52 Å². The molecule has 1 atom stereocenters. The molecule has 0 spiro atoms. The summed E-state index contributed by atoms with van der Waals surface area (Å²) in [5.41, 5.74) is 2.27. The van der Waals surface area contributed by atoms with E-state index >= 15 is 0 Å². The van der Waals surface area contributed by atoms with E-state index in [9.17, 15) is 5.11 Å². The van der Waals surface area contributed by atoms with Crippen molar-refractivity contribution >= 4 is 10.9 Å². The van der Waals surface area contributed by atoms with Crippen molar-refractivity contribution in [3.63, 3.8) is 0 Å². The van der Waals surface area contributed by atoms with E-state index in [1.807, 2.05) is 16.7 Å². The molecule has 0 bridgehead atoms. The summed E-state index contributed by atoms with van der Waals surface area (Å²) in [7, 11) is 0. The predicted octanol–water partition coefficient (Wildman–Crippen LogP) is 4.02. The molecule has 1 unspecified atom stereocenters. The van der Waals surface area contributed by atoms with Gasteiger partial charge in [-0.25, -0.2) is 0 Å². The molecule has 1 aromatic heterocycles. The smallest absolute Gasteiger partial charge is 0.130 e. The Hall–Kier alpha value is -1.28. The number of para-hydroxylation sites is 1. The first-order chi connectivity index (χ1) is 8.24. The van der Waals surface area contributed by atoms with Crippen LogP contribution in [0.5, 0.6) is 0 Å². The number of aryl methyl sites for hydroxylation is 1. The molecule has 2 heteroatoms. The van der Waals surface area contributed by atoms with Gasteiger partial charge in [0, 0.05) is 5.69 Å². The lowest BCUT2D eigenvalue weighted by Crippen LogP contribution is -2.09. The average Bonchev–Trinajstić information content (AvgIpc) is 2.65. The van der Waals surface area contributed by atoms with Crippen LogP contribution < -0.4 is 0 Å². The van der Waals surface area contributed by atoms with E-state index in [2.05, 4.69) is 32.0 Å². The fourth-order valence-electron chi connectivity index (χ4n) is 2.42. The fourth-order valence-corrected chi connectivity index (χ4v) is 2.42. The van der Waals surface area contributed by atoms with Crippen molar-refractivity contribution in [1.29, 1.82) is 0 Å². The summed E-state index contributed by atoms with van der Waals surface area (Å²) in [5, 5.41) is 11.5. The van der Waals surface area contributed by atoms with E-state index in [1.54, 1.807) is 0 Å². The van der Waals surface area contributed by atoms with Gasteiger partial charge in [-0.1, -0.05) is 38.0 Å². The summed E-state index contributed by atoms with van der Waals surface area (Å²) in [6, 6.07) is 10.4. The summed E-state index contributed by atoms with van der Waals surface area (Å²) in [6.07, 6.45) is 3.92. The van der Waals surface area contributed by atoms with E-state index in [1.165, 1.54) is 18.2 Å². The molecule has 1 N–H and O–H groups in total. The molecule has 2 aromatic rings. The lowest BCUT2D eigenvalue weighted by Gasteiger charge is -2.16. The van der Waals surface area contributed by atoms with E-state index in [4.69, 9.17) is 0 Å². The molecule has 17 heavy (non-hydrogen) atoms. The molecule has 1 heterocycles. The highest BCUT2D eigenvalue weighted by atomic mass is 16.3. The molecule has 2 nitrogen and oxygen atoms in total. The first kappa shape index (κ1) is 12.2. The van der Waals surface area contributed by atoms with Gasteiger partial charge in [0.2, 0.25) is 0 Å². The van der Waals surface area contributed by atoms with E-state index in [0.29, 0.717) is 0 Å². The first-order valence-corrected chi connectivity index (χ1v) is 6.48. The second kappa shape index (κ2) is 5.37. The van der Waals surface area contributed by atoms with Gasteiger partial charge < -0.3 is 9.67 Å². The Labute approximate surface area is 103 Å². The predicted molar refractivity (Wildman–Crippen MR) is 72.1 cm³/mol. The monoisotopic (exact) mass is 231 g/mol. The van der Waals surface area contributed by atoms with Crippen LogP contribution in [0.3, 0.4) is 0 Å². The van der Waals surface area contributed by atoms with Crippen LogP contribution in [0.15, 0.2) is 30.3 Å². The van der Waals surface area contributed by atoms with Gasteiger partial charge in [-0.15, -0.1) is 0 Å². The third-order valence-corrected chi connectivity index (χ3v) is 3.30. The van der Waals surface area contributed by atoms with Crippen LogP contribution in [-0.4, -0.2) is 9.67 Å². The van der Waals surface area contributed by atoms with Crippen LogP contribution in [-0.2, 0) is 0 Å². The molecule has 0 saturated heterocycles. The number of aliphatic hydroxyl groups is 1. The van der Waals surface area contributed by atoms with Crippen LogP contribution >= 0.6 is 0 Å². The Morgan fingerprint density at radius 3 is 2.76 bits per heavy atom. The molecule has 0 radical (unpaired) electrons. The molecule has 0 saturated carbocycles. The number of benzene rings is 1. The Morgan fingerprint density at radius 2 is 2.00 bits per heavy atom. The number of rotatable bonds is 5. The van der Waals surface area contributed by atoms with Crippen molar-refractivity contribution in [2.45, 2.75) is 45.8 Å². The average molecular weight is 231 g/mol. The van der Waals surface area contributed by atoms with Gasteiger partial charge in [0.1, 0.15) is 6.23 Å². The molecule has 1 aromatic carbocycles. The second-order valence-electron chi connectivity index (χ2n) is 4.69. The van der Waals surface area contributed by atoms with Gasteiger partial charge in [-0.3, -0.25) is 0 Å². The van der Waals surface area contributed by atoms with Crippen molar-refractivity contribution in [3.8, 4) is 0 Å². The third-order valence-electron chi connectivity index (χ3n) is 3.30. The highest BCUT2D eigenvalue weighted by Crippen LogP contribution is 2.25. The summed E-state index contributed by atoms with van der Waals surface area (Å²) >= 11 is 0. The number of aliphatic hydroxyl groups excluding tert-OH is 1. The maximum absolute atomic E-state index is 10.3. The van der Waals surface area contributed by atoms with Crippen molar-refractivity contribution < 1.29 is 5.11 Å². The number of unbranched alkanes of at least 4 members (excludes halogenated alkanes) is 2. The number of hydrogen-bond donors (Lipinski definition) is 1. The highest BCUT2D eigenvalue weighted by molar-refractivity contribution is 5.81. The molecule has 92 valence electrons. The lowest BCUT2D eigenvalue weighted by molar-refractivity contribution is 0.0942. The molecule has 2 rings (SSSR count). The number of aromatic nitrogens is 1. The van der Waals surface area contributed by atoms with Crippen LogP contribution in [0, 0.1) is 6.92 Å². The second-order valence-corrected chi connectivity index (χ2v) is 4.69.